The van der Waals surface area contributed by atoms with Crippen LogP contribution in [0.2, 0.25) is 0 Å². The Kier molecular flexibility index (Phi) is 5.75. The van der Waals surface area contributed by atoms with Crippen LogP contribution in [0.5, 0.6) is 0 Å². The number of fused-ring (bicyclic) bond motifs is 1. The molecule has 0 amide bonds. The largest absolute Gasteiger partial charge is 0.468 e. The van der Waals surface area contributed by atoms with Crippen LogP contribution in [0, 0.1) is 0 Å². The maximum atomic E-state index is 12.4. The van der Waals surface area contributed by atoms with Crippen molar-refractivity contribution >= 4 is 17.7 Å². The molecule has 134 valence electrons. The molecule has 0 saturated heterocycles. The Labute approximate surface area is 151 Å². The first-order valence-corrected chi connectivity index (χ1v) is 9.52. The van der Waals surface area contributed by atoms with Crippen molar-refractivity contribution in [2.45, 2.75) is 38.1 Å². The summed E-state index contributed by atoms with van der Waals surface area (Å²) < 4.78 is 10.5. The minimum absolute atomic E-state index is 0.195. The molecule has 0 radical (unpaired) electrons. The van der Waals surface area contributed by atoms with Gasteiger partial charge in [-0.2, -0.15) is 16.7 Å². The second-order valence-corrected chi connectivity index (χ2v) is 7.61. The van der Waals surface area contributed by atoms with Gasteiger partial charge in [-0.3, -0.25) is 4.90 Å². The number of thioether (sulfide) groups is 1. The van der Waals surface area contributed by atoms with Gasteiger partial charge >= 0.3 is 5.97 Å². The van der Waals surface area contributed by atoms with Gasteiger partial charge in [0.05, 0.1) is 18.9 Å². The average Bonchev–Trinajstić information content (AvgIpc) is 3.10. The minimum Gasteiger partial charge on any atom is -0.468 e. The first kappa shape index (κ1) is 17.9. The third kappa shape index (κ3) is 3.88. The van der Waals surface area contributed by atoms with E-state index in [2.05, 4.69) is 30.1 Å². The lowest BCUT2D eigenvalue weighted by Crippen LogP contribution is -2.39. The van der Waals surface area contributed by atoms with Crippen LogP contribution in [0.4, 0.5) is 0 Å². The third-order valence-corrected chi connectivity index (χ3v) is 5.45. The molecule has 25 heavy (non-hydrogen) atoms. The Bertz CT molecular complexity index is 734. The Morgan fingerprint density at radius 3 is 3.04 bits per heavy atom. The lowest BCUT2D eigenvalue weighted by molar-refractivity contribution is -0.148. The molecule has 0 bridgehead atoms. The van der Waals surface area contributed by atoms with Gasteiger partial charge in [-0.1, -0.05) is 36.3 Å². The number of hydrogen-bond donors (Lipinski definition) is 0. The van der Waals surface area contributed by atoms with Crippen LogP contribution in [0.1, 0.15) is 48.0 Å². The van der Waals surface area contributed by atoms with Crippen molar-refractivity contribution in [3.8, 4) is 0 Å². The summed E-state index contributed by atoms with van der Waals surface area (Å²) in [6, 6.07) is 7.57. The van der Waals surface area contributed by atoms with Crippen molar-refractivity contribution in [1.29, 1.82) is 0 Å². The van der Waals surface area contributed by atoms with Gasteiger partial charge in [0.2, 0.25) is 5.89 Å². The molecule has 0 N–H and O–H groups in total. The standard InChI is InChI=1S/C18H23N3O3S/c1-4-25-12(2)17-19-15(24-20-17)11-21-10-9-13-7-5-6-8-14(13)16(21)18(22)23-3/h5-8,12,16H,4,9-11H2,1-3H3/t12-,16+/m1/s1. The van der Waals surface area contributed by atoms with Gasteiger partial charge in [0, 0.05) is 6.54 Å². The predicted octanol–water partition coefficient (Wildman–Crippen LogP) is 3.16. The van der Waals surface area contributed by atoms with Gasteiger partial charge in [0.15, 0.2) is 5.82 Å². The quantitative estimate of drug-likeness (QED) is 0.732. The molecule has 0 saturated carbocycles. The summed E-state index contributed by atoms with van der Waals surface area (Å²) in [5.74, 6) is 1.97. The second kappa shape index (κ2) is 8.01. The molecule has 7 heteroatoms. The number of carbonyl (C=O) groups excluding carboxylic acids is 1. The van der Waals surface area contributed by atoms with Crippen molar-refractivity contribution in [2.75, 3.05) is 19.4 Å². The van der Waals surface area contributed by atoms with Gasteiger partial charge in [-0.05, 0) is 30.2 Å². The number of aromatic nitrogens is 2. The van der Waals surface area contributed by atoms with Crippen molar-refractivity contribution in [1.82, 2.24) is 15.0 Å². The molecule has 3 rings (SSSR count). The van der Waals surface area contributed by atoms with Crippen LogP contribution in [-0.4, -0.2) is 40.4 Å². The Hall–Kier alpha value is -1.86. The number of benzene rings is 1. The molecule has 0 fully saturated rings. The molecular formula is C18H23N3O3S. The number of methoxy groups -OCH3 is 1. The summed E-state index contributed by atoms with van der Waals surface area (Å²) in [6.45, 7) is 5.35. The normalized spacial score (nSPS) is 18.6. The molecule has 1 aromatic carbocycles. The molecule has 2 aromatic rings. The monoisotopic (exact) mass is 361 g/mol. The molecule has 1 aliphatic rings. The van der Waals surface area contributed by atoms with E-state index in [0.717, 1.165) is 24.3 Å². The van der Waals surface area contributed by atoms with Crippen LogP contribution in [0.25, 0.3) is 0 Å². The van der Waals surface area contributed by atoms with E-state index < -0.39 is 6.04 Å². The zero-order valence-corrected chi connectivity index (χ0v) is 15.6. The highest BCUT2D eigenvalue weighted by molar-refractivity contribution is 7.99. The lowest BCUT2D eigenvalue weighted by atomic mass is 9.92. The summed E-state index contributed by atoms with van der Waals surface area (Å²) in [5, 5.41) is 4.28. The highest BCUT2D eigenvalue weighted by atomic mass is 32.2. The molecule has 2 heterocycles. The molecule has 1 aliphatic heterocycles. The fraction of sp³-hybridized carbons (Fsp3) is 0.500. The average molecular weight is 361 g/mol. The Morgan fingerprint density at radius 2 is 2.28 bits per heavy atom. The smallest absolute Gasteiger partial charge is 0.327 e. The van der Waals surface area contributed by atoms with Crippen LogP contribution in [-0.2, 0) is 22.5 Å². The number of esters is 1. The molecular weight excluding hydrogens is 338 g/mol. The van der Waals surface area contributed by atoms with Crippen molar-refractivity contribution in [3.63, 3.8) is 0 Å². The summed E-state index contributed by atoms with van der Waals surface area (Å²) in [5.41, 5.74) is 2.18. The van der Waals surface area contributed by atoms with Crippen molar-refractivity contribution < 1.29 is 14.1 Å². The van der Waals surface area contributed by atoms with Crippen LogP contribution in [0.15, 0.2) is 28.8 Å². The molecule has 1 aromatic heterocycles. The number of hydrogen-bond acceptors (Lipinski definition) is 7. The number of rotatable bonds is 6. The Morgan fingerprint density at radius 1 is 1.48 bits per heavy atom. The zero-order chi connectivity index (χ0) is 17.8. The third-order valence-electron chi connectivity index (χ3n) is 4.41. The van der Waals surface area contributed by atoms with Gasteiger partial charge < -0.3 is 9.26 Å². The topological polar surface area (TPSA) is 68.5 Å². The van der Waals surface area contributed by atoms with Gasteiger partial charge in [-0.15, -0.1) is 0 Å². The fourth-order valence-corrected chi connectivity index (χ4v) is 3.92. The molecule has 0 spiro atoms. The van der Waals surface area contributed by atoms with E-state index in [0.29, 0.717) is 18.3 Å². The highest BCUT2D eigenvalue weighted by Gasteiger charge is 2.34. The molecule has 0 unspecified atom stereocenters. The van der Waals surface area contributed by atoms with Crippen LogP contribution < -0.4 is 0 Å². The lowest BCUT2D eigenvalue weighted by Gasteiger charge is -2.34. The van der Waals surface area contributed by atoms with Crippen LogP contribution in [0.3, 0.4) is 0 Å². The molecule has 2 atom stereocenters. The van der Waals surface area contributed by atoms with E-state index in [9.17, 15) is 4.79 Å². The zero-order valence-electron chi connectivity index (χ0n) is 14.8. The van der Waals surface area contributed by atoms with E-state index >= 15 is 0 Å². The first-order valence-electron chi connectivity index (χ1n) is 8.47. The summed E-state index contributed by atoms with van der Waals surface area (Å²) in [7, 11) is 1.42. The predicted molar refractivity (Wildman–Crippen MR) is 96.2 cm³/mol. The van der Waals surface area contributed by atoms with Crippen molar-refractivity contribution in [2.24, 2.45) is 0 Å². The number of nitrogens with zero attached hydrogens (tertiary/aromatic N) is 3. The first-order chi connectivity index (χ1) is 12.1. The van der Waals surface area contributed by atoms with E-state index in [-0.39, 0.29) is 11.2 Å². The number of carbonyl (C=O) groups is 1. The van der Waals surface area contributed by atoms with Crippen molar-refractivity contribution in [3.05, 3.63) is 47.1 Å². The van der Waals surface area contributed by atoms with E-state index in [1.165, 1.54) is 12.7 Å². The second-order valence-electron chi connectivity index (χ2n) is 5.99. The maximum Gasteiger partial charge on any atom is 0.327 e. The van der Waals surface area contributed by atoms with Gasteiger partial charge in [-0.25, -0.2) is 4.79 Å². The van der Waals surface area contributed by atoms with E-state index in [1.807, 2.05) is 23.1 Å². The summed E-state index contributed by atoms with van der Waals surface area (Å²) in [4.78, 5) is 18.9. The van der Waals surface area contributed by atoms with E-state index in [1.54, 1.807) is 11.8 Å². The summed E-state index contributed by atoms with van der Waals surface area (Å²) in [6.07, 6.45) is 0.882. The van der Waals surface area contributed by atoms with E-state index in [4.69, 9.17) is 9.26 Å². The SMILES string of the molecule is CCS[C@H](C)c1noc(CN2CCc3ccccc3[C@H]2C(=O)OC)n1. The Balaban J connectivity index is 1.81. The molecule has 0 aliphatic carbocycles. The maximum absolute atomic E-state index is 12.4. The van der Waals surface area contributed by atoms with Crippen LogP contribution >= 0.6 is 11.8 Å². The van der Waals surface area contributed by atoms with Gasteiger partial charge in [0.25, 0.3) is 0 Å². The summed E-state index contributed by atoms with van der Waals surface area (Å²) >= 11 is 1.77. The van der Waals surface area contributed by atoms with Gasteiger partial charge in [0.1, 0.15) is 6.04 Å². The fourth-order valence-electron chi connectivity index (χ4n) is 3.17. The minimum atomic E-state index is -0.437. The molecule has 6 nitrogen and oxygen atoms in total. The highest BCUT2D eigenvalue weighted by Crippen LogP contribution is 2.32. The number of ether oxygens (including phenoxy) is 1.